The molecule has 2 atom stereocenters. The molecule has 1 aliphatic rings. The number of carbonyl (C=O) groups is 1. The maximum Gasteiger partial charge on any atom is 0.271 e. The lowest BCUT2D eigenvalue weighted by molar-refractivity contribution is 0.0750. The first-order valence-electron chi connectivity index (χ1n) is 8.01. The number of carbonyl (C=O) groups excluding carboxylic acids is 1. The van der Waals surface area contributed by atoms with Crippen LogP contribution < -0.4 is 5.32 Å². The van der Waals surface area contributed by atoms with E-state index in [1.807, 2.05) is 29.7 Å². The Kier molecular flexibility index (Phi) is 4.37. The molecule has 0 unspecified atom stereocenters. The third kappa shape index (κ3) is 3.09. The van der Waals surface area contributed by atoms with E-state index in [0.29, 0.717) is 11.7 Å². The van der Waals surface area contributed by atoms with Crippen LogP contribution in [-0.4, -0.2) is 58.6 Å². The van der Waals surface area contributed by atoms with Crippen LogP contribution in [0.1, 0.15) is 29.9 Å². The SMILES string of the molecule is CO[C@H]1CN(C(C)C)C[C@@H]1NC(=O)c1cn2cccc(C)c2n1. The zero-order chi connectivity index (χ0) is 16.6. The maximum atomic E-state index is 12.6. The van der Waals surface area contributed by atoms with Crippen LogP contribution in [0.15, 0.2) is 24.5 Å². The molecular weight excluding hydrogens is 292 g/mol. The summed E-state index contributed by atoms with van der Waals surface area (Å²) in [5.41, 5.74) is 2.31. The van der Waals surface area contributed by atoms with E-state index in [9.17, 15) is 4.79 Å². The number of hydrogen-bond acceptors (Lipinski definition) is 4. The Labute approximate surface area is 136 Å². The lowest BCUT2D eigenvalue weighted by Gasteiger charge is -2.19. The van der Waals surface area contributed by atoms with Crippen LogP contribution in [0.5, 0.6) is 0 Å². The number of aryl methyl sites for hydroxylation is 1. The van der Waals surface area contributed by atoms with Crippen molar-refractivity contribution < 1.29 is 9.53 Å². The van der Waals surface area contributed by atoms with E-state index in [2.05, 4.69) is 29.0 Å². The average molecular weight is 316 g/mol. The smallest absolute Gasteiger partial charge is 0.271 e. The number of imidazole rings is 1. The van der Waals surface area contributed by atoms with Crippen molar-refractivity contribution in [2.45, 2.75) is 39.0 Å². The minimum atomic E-state index is -0.147. The maximum absolute atomic E-state index is 12.6. The van der Waals surface area contributed by atoms with Crippen LogP contribution in [0, 0.1) is 6.92 Å². The topological polar surface area (TPSA) is 58.9 Å². The van der Waals surface area contributed by atoms with Gasteiger partial charge in [-0.15, -0.1) is 0 Å². The molecule has 1 amide bonds. The average Bonchev–Trinajstić information content (AvgIpc) is 3.11. The number of likely N-dealkylation sites (tertiary alicyclic amines) is 1. The zero-order valence-corrected chi connectivity index (χ0v) is 14.1. The molecule has 6 heteroatoms. The standard InChI is InChI=1S/C17H24N4O2/c1-11(2)21-8-13(15(10-21)23-4)19-17(22)14-9-20-7-5-6-12(3)16(20)18-14/h5-7,9,11,13,15H,8,10H2,1-4H3,(H,19,22)/t13-,15-/m0/s1. The van der Waals surface area contributed by atoms with Gasteiger partial charge in [0.1, 0.15) is 11.3 Å². The van der Waals surface area contributed by atoms with Crippen molar-refractivity contribution >= 4 is 11.6 Å². The molecule has 0 aliphatic carbocycles. The summed E-state index contributed by atoms with van der Waals surface area (Å²) < 4.78 is 7.42. The molecule has 0 radical (unpaired) electrons. The number of aromatic nitrogens is 2. The highest BCUT2D eigenvalue weighted by Gasteiger charge is 2.35. The van der Waals surface area contributed by atoms with Gasteiger partial charge < -0.3 is 14.5 Å². The predicted molar refractivity (Wildman–Crippen MR) is 88.7 cm³/mol. The van der Waals surface area contributed by atoms with Crippen molar-refractivity contribution in [2.24, 2.45) is 0 Å². The van der Waals surface area contributed by atoms with E-state index in [0.717, 1.165) is 24.3 Å². The summed E-state index contributed by atoms with van der Waals surface area (Å²) in [6.07, 6.45) is 3.69. The Balaban J connectivity index is 1.76. The molecule has 2 aromatic heterocycles. The molecule has 0 aromatic carbocycles. The summed E-state index contributed by atoms with van der Waals surface area (Å²) in [6.45, 7) is 7.93. The van der Waals surface area contributed by atoms with Gasteiger partial charge in [0.2, 0.25) is 0 Å². The van der Waals surface area contributed by atoms with Gasteiger partial charge in [-0.2, -0.15) is 0 Å². The van der Waals surface area contributed by atoms with E-state index >= 15 is 0 Å². The van der Waals surface area contributed by atoms with Crippen LogP contribution >= 0.6 is 0 Å². The van der Waals surface area contributed by atoms with E-state index in [-0.39, 0.29) is 18.1 Å². The van der Waals surface area contributed by atoms with Gasteiger partial charge in [-0.25, -0.2) is 4.98 Å². The van der Waals surface area contributed by atoms with Gasteiger partial charge in [0.25, 0.3) is 5.91 Å². The van der Waals surface area contributed by atoms with Crippen LogP contribution in [0.2, 0.25) is 0 Å². The van der Waals surface area contributed by atoms with Crippen molar-refractivity contribution in [3.05, 3.63) is 35.8 Å². The lowest BCUT2D eigenvalue weighted by Crippen LogP contribution is -2.43. The highest BCUT2D eigenvalue weighted by atomic mass is 16.5. The third-order valence-electron chi connectivity index (χ3n) is 4.55. The summed E-state index contributed by atoms with van der Waals surface area (Å²) in [6, 6.07) is 4.36. The molecule has 6 nitrogen and oxygen atoms in total. The monoisotopic (exact) mass is 316 g/mol. The number of fused-ring (bicyclic) bond motifs is 1. The molecule has 1 N–H and O–H groups in total. The quantitative estimate of drug-likeness (QED) is 0.928. The molecule has 0 bridgehead atoms. The number of nitrogens with zero attached hydrogens (tertiary/aromatic N) is 3. The summed E-state index contributed by atoms with van der Waals surface area (Å²) in [4.78, 5) is 19.3. The molecule has 1 saturated heterocycles. The van der Waals surface area contributed by atoms with E-state index in [1.54, 1.807) is 13.3 Å². The summed E-state index contributed by atoms with van der Waals surface area (Å²) in [5, 5.41) is 3.08. The van der Waals surface area contributed by atoms with Gasteiger partial charge >= 0.3 is 0 Å². The Hall–Kier alpha value is -1.92. The molecule has 1 fully saturated rings. The molecule has 0 saturated carbocycles. The second-order valence-corrected chi connectivity index (χ2v) is 6.45. The second kappa shape index (κ2) is 6.29. The zero-order valence-electron chi connectivity index (χ0n) is 14.1. The largest absolute Gasteiger partial charge is 0.378 e. The first kappa shape index (κ1) is 16.0. The molecule has 1 aliphatic heterocycles. The van der Waals surface area contributed by atoms with Gasteiger partial charge in [0.15, 0.2) is 0 Å². The van der Waals surface area contributed by atoms with Crippen molar-refractivity contribution in [1.29, 1.82) is 0 Å². The first-order chi connectivity index (χ1) is 11.0. The Bertz CT molecular complexity index is 710. The van der Waals surface area contributed by atoms with Crippen molar-refractivity contribution in [1.82, 2.24) is 19.6 Å². The molecule has 23 heavy (non-hydrogen) atoms. The minimum Gasteiger partial charge on any atom is -0.378 e. The van der Waals surface area contributed by atoms with E-state index < -0.39 is 0 Å². The minimum absolute atomic E-state index is 0.0131. The highest BCUT2D eigenvalue weighted by molar-refractivity contribution is 5.93. The molecule has 124 valence electrons. The summed E-state index contributed by atoms with van der Waals surface area (Å²) in [5.74, 6) is -0.147. The predicted octanol–water partition coefficient (Wildman–Crippen LogP) is 1.48. The number of hydrogen-bond donors (Lipinski definition) is 1. The summed E-state index contributed by atoms with van der Waals surface area (Å²) in [7, 11) is 1.70. The van der Waals surface area contributed by atoms with Gasteiger partial charge in [-0.3, -0.25) is 9.69 Å². The van der Waals surface area contributed by atoms with Gasteiger partial charge in [-0.1, -0.05) is 6.07 Å². The first-order valence-corrected chi connectivity index (χ1v) is 8.01. The molecule has 2 aromatic rings. The van der Waals surface area contributed by atoms with Gasteiger partial charge in [0, 0.05) is 38.6 Å². The fraction of sp³-hybridized carbons (Fsp3) is 0.529. The van der Waals surface area contributed by atoms with Gasteiger partial charge in [0.05, 0.1) is 12.1 Å². The van der Waals surface area contributed by atoms with Crippen LogP contribution in [0.4, 0.5) is 0 Å². The fourth-order valence-electron chi connectivity index (χ4n) is 3.11. The van der Waals surface area contributed by atoms with Crippen molar-refractivity contribution in [3.8, 4) is 0 Å². The van der Waals surface area contributed by atoms with Crippen LogP contribution in [0.3, 0.4) is 0 Å². The molecular formula is C17H24N4O2. The number of pyridine rings is 1. The third-order valence-corrected chi connectivity index (χ3v) is 4.55. The molecule has 0 spiro atoms. The number of nitrogens with one attached hydrogen (secondary N) is 1. The van der Waals surface area contributed by atoms with Gasteiger partial charge in [-0.05, 0) is 32.4 Å². The van der Waals surface area contributed by atoms with Crippen molar-refractivity contribution in [2.75, 3.05) is 20.2 Å². The number of amides is 1. The Morgan fingerprint density at radius 1 is 1.43 bits per heavy atom. The van der Waals surface area contributed by atoms with E-state index in [4.69, 9.17) is 4.74 Å². The molecule has 3 rings (SSSR count). The van der Waals surface area contributed by atoms with Crippen LogP contribution in [-0.2, 0) is 4.74 Å². The Morgan fingerprint density at radius 3 is 2.87 bits per heavy atom. The molecule has 3 heterocycles. The highest BCUT2D eigenvalue weighted by Crippen LogP contribution is 2.17. The van der Waals surface area contributed by atoms with Crippen molar-refractivity contribution in [3.63, 3.8) is 0 Å². The Morgan fingerprint density at radius 2 is 2.22 bits per heavy atom. The second-order valence-electron chi connectivity index (χ2n) is 6.45. The number of rotatable bonds is 4. The lowest BCUT2D eigenvalue weighted by atomic mass is 10.2. The normalized spacial score (nSPS) is 22.1. The fourth-order valence-corrected chi connectivity index (χ4v) is 3.11. The number of ether oxygens (including phenoxy) is 1. The number of methoxy groups -OCH3 is 1. The van der Waals surface area contributed by atoms with E-state index in [1.165, 1.54) is 0 Å². The van der Waals surface area contributed by atoms with Crippen LogP contribution in [0.25, 0.3) is 5.65 Å². The summed E-state index contributed by atoms with van der Waals surface area (Å²) >= 11 is 0.